The van der Waals surface area contributed by atoms with Crippen LogP contribution in [0.2, 0.25) is 0 Å². The van der Waals surface area contributed by atoms with Crippen molar-refractivity contribution in [2.45, 2.75) is 26.8 Å². The Labute approximate surface area is 116 Å². The molecule has 106 valence electrons. The van der Waals surface area contributed by atoms with Crippen molar-refractivity contribution in [2.75, 3.05) is 0 Å². The Morgan fingerprint density at radius 3 is 2.45 bits per heavy atom. The van der Waals surface area contributed by atoms with Crippen molar-refractivity contribution < 1.29 is 9.18 Å². The highest BCUT2D eigenvalue weighted by Crippen LogP contribution is 2.19. The van der Waals surface area contributed by atoms with Crippen LogP contribution in [0.3, 0.4) is 0 Å². The van der Waals surface area contributed by atoms with Gasteiger partial charge in [-0.15, -0.1) is 0 Å². The lowest BCUT2D eigenvalue weighted by Gasteiger charge is -2.19. The molecule has 0 saturated heterocycles. The van der Waals surface area contributed by atoms with Gasteiger partial charge >= 0.3 is 0 Å². The van der Waals surface area contributed by atoms with Crippen LogP contribution in [0.1, 0.15) is 41.9 Å². The molecule has 1 aromatic heterocycles. The first-order valence-electron chi connectivity index (χ1n) is 6.42. The highest BCUT2D eigenvalue weighted by atomic mass is 19.1. The summed E-state index contributed by atoms with van der Waals surface area (Å²) < 4.78 is 12.9. The molecule has 0 radical (unpaired) electrons. The van der Waals surface area contributed by atoms with Gasteiger partial charge in [0.25, 0.3) is 5.91 Å². The third-order valence-corrected chi connectivity index (χ3v) is 2.95. The van der Waals surface area contributed by atoms with E-state index in [1.165, 1.54) is 24.3 Å². The Kier molecular flexibility index (Phi) is 4.12. The molecule has 1 aromatic carbocycles. The molecule has 0 spiro atoms. The first-order chi connectivity index (χ1) is 9.47. The Bertz CT molecular complexity index is 591. The Morgan fingerprint density at radius 1 is 1.30 bits per heavy atom. The molecule has 0 bridgehead atoms. The number of carbonyl (C=O) groups excluding carboxylic acids is 1. The molecule has 0 saturated carbocycles. The minimum Gasteiger partial charge on any atom is -0.342 e. The highest BCUT2D eigenvalue weighted by Gasteiger charge is 2.22. The van der Waals surface area contributed by atoms with Crippen molar-refractivity contribution >= 4 is 5.91 Å². The summed E-state index contributed by atoms with van der Waals surface area (Å²) in [5, 5.41) is 9.73. The van der Waals surface area contributed by atoms with Gasteiger partial charge in [0.1, 0.15) is 11.6 Å². The zero-order valence-corrected chi connectivity index (χ0v) is 11.6. The van der Waals surface area contributed by atoms with Crippen LogP contribution in [0.5, 0.6) is 0 Å². The molecule has 1 atom stereocenters. The number of H-pyrrole nitrogens is 1. The van der Waals surface area contributed by atoms with Crippen LogP contribution in [-0.2, 0) is 0 Å². The number of nitrogens with zero attached hydrogens (tertiary/aromatic N) is 2. The summed E-state index contributed by atoms with van der Waals surface area (Å²) >= 11 is 0. The normalized spacial score (nSPS) is 12.4. The lowest BCUT2D eigenvalue weighted by molar-refractivity contribution is 0.0923. The number of aromatic amines is 1. The van der Waals surface area contributed by atoms with E-state index in [1.54, 1.807) is 6.92 Å². The number of amides is 1. The predicted molar refractivity (Wildman–Crippen MR) is 72.6 cm³/mol. The second-order valence-corrected chi connectivity index (χ2v) is 4.98. The minimum absolute atomic E-state index is 0.134. The number of hydrogen-bond acceptors (Lipinski definition) is 3. The van der Waals surface area contributed by atoms with Crippen LogP contribution in [0.25, 0.3) is 0 Å². The van der Waals surface area contributed by atoms with Crippen molar-refractivity contribution in [3.63, 3.8) is 0 Å². The van der Waals surface area contributed by atoms with Crippen LogP contribution in [-0.4, -0.2) is 21.1 Å². The number of nitrogens with one attached hydrogen (secondary N) is 2. The topological polar surface area (TPSA) is 70.7 Å². The zero-order chi connectivity index (χ0) is 14.7. The fourth-order valence-electron chi connectivity index (χ4n) is 1.85. The van der Waals surface area contributed by atoms with Gasteiger partial charge < -0.3 is 5.32 Å². The molecule has 20 heavy (non-hydrogen) atoms. The maximum absolute atomic E-state index is 12.9. The summed E-state index contributed by atoms with van der Waals surface area (Å²) in [6.45, 7) is 5.75. The number of aryl methyl sites for hydroxylation is 1. The molecule has 6 heteroatoms. The van der Waals surface area contributed by atoms with Gasteiger partial charge in [-0.05, 0) is 37.1 Å². The molecule has 0 aliphatic heterocycles. The molecular formula is C14H17FN4O. The molecule has 0 fully saturated rings. The first kappa shape index (κ1) is 14.2. The van der Waals surface area contributed by atoms with Gasteiger partial charge in [-0.25, -0.2) is 9.37 Å². The van der Waals surface area contributed by atoms with Gasteiger partial charge in [-0.1, -0.05) is 13.8 Å². The molecule has 1 amide bonds. The molecule has 1 heterocycles. The van der Waals surface area contributed by atoms with E-state index < -0.39 is 0 Å². The molecule has 2 rings (SSSR count). The van der Waals surface area contributed by atoms with Crippen molar-refractivity contribution in [1.29, 1.82) is 0 Å². The largest absolute Gasteiger partial charge is 0.342 e. The number of hydrogen-bond donors (Lipinski definition) is 2. The molecule has 2 N–H and O–H groups in total. The predicted octanol–water partition coefficient (Wildman–Crippen LogP) is 2.38. The van der Waals surface area contributed by atoms with Crippen molar-refractivity contribution in [3.05, 3.63) is 47.3 Å². The van der Waals surface area contributed by atoms with E-state index in [1.807, 2.05) is 13.8 Å². The summed E-state index contributed by atoms with van der Waals surface area (Å²) in [4.78, 5) is 16.4. The van der Waals surface area contributed by atoms with Gasteiger partial charge in [0.05, 0.1) is 6.04 Å². The van der Waals surface area contributed by atoms with Crippen LogP contribution < -0.4 is 5.32 Å². The lowest BCUT2D eigenvalue weighted by Crippen LogP contribution is -2.32. The summed E-state index contributed by atoms with van der Waals surface area (Å²) in [6.07, 6.45) is 0. The van der Waals surface area contributed by atoms with Crippen LogP contribution in [0.15, 0.2) is 24.3 Å². The number of halogens is 1. The monoisotopic (exact) mass is 276 g/mol. The Balaban J connectivity index is 2.16. The number of carbonyl (C=O) groups is 1. The molecule has 2 aromatic rings. The lowest BCUT2D eigenvalue weighted by atomic mass is 10.0. The minimum atomic E-state index is -0.369. The van der Waals surface area contributed by atoms with E-state index in [4.69, 9.17) is 0 Å². The van der Waals surface area contributed by atoms with Gasteiger partial charge in [-0.2, -0.15) is 5.10 Å². The number of benzene rings is 1. The smallest absolute Gasteiger partial charge is 0.251 e. The molecular weight excluding hydrogens is 259 g/mol. The van der Waals surface area contributed by atoms with Gasteiger partial charge in [-0.3, -0.25) is 9.89 Å². The molecule has 0 aliphatic carbocycles. The second-order valence-electron chi connectivity index (χ2n) is 4.98. The number of aromatic nitrogens is 3. The van der Waals surface area contributed by atoms with Crippen LogP contribution >= 0.6 is 0 Å². The van der Waals surface area contributed by atoms with Gasteiger partial charge in [0.15, 0.2) is 5.82 Å². The van der Waals surface area contributed by atoms with Crippen molar-refractivity contribution in [2.24, 2.45) is 5.92 Å². The summed E-state index contributed by atoms with van der Waals surface area (Å²) in [5.74, 6) is 0.738. The average Bonchev–Trinajstić information content (AvgIpc) is 2.82. The third kappa shape index (κ3) is 3.20. The summed E-state index contributed by atoms with van der Waals surface area (Å²) in [7, 11) is 0. The van der Waals surface area contributed by atoms with Crippen molar-refractivity contribution in [3.8, 4) is 0 Å². The van der Waals surface area contributed by atoms with Gasteiger partial charge in [0.2, 0.25) is 0 Å². The summed E-state index contributed by atoms with van der Waals surface area (Å²) in [5.41, 5.74) is 0.407. The van der Waals surface area contributed by atoms with Crippen molar-refractivity contribution in [1.82, 2.24) is 20.5 Å². The standard InChI is InChI=1S/C14H17FN4O/c1-8(2)12(13-16-9(3)18-19-13)17-14(20)10-4-6-11(15)7-5-10/h4-8,12H,1-3H3,(H,17,20)(H,16,18,19)/t12-/m1/s1. The fraction of sp³-hybridized carbons (Fsp3) is 0.357. The highest BCUT2D eigenvalue weighted by molar-refractivity contribution is 5.94. The summed E-state index contributed by atoms with van der Waals surface area (Å²) in [6, 6.07) is 5.13. The quantitative estimate of drug-likeness (QED) is 0.900. The second kappa shape index (κ2) is 5.81. The fourth-order valence-corrected chi connectivity index (χ4v) is 1.85. The van der Waals surface area contributed by atoms with E-state index in [-0.39, 0.29) is 23.7 Å². The van der Waals surface area contributed by atoms with Gasteiger partial charge in [0, 0.05) is 5.56 Å². The zero-order valence-electron chi connectivity index (χ0n) is 11.6. The third-order valence-electron chi connectivity index (χ3n) is 2.95. The SMILES string of the molecule is Cc1nc([C@H](NC(=O)c2ccc(F)cc2)C(C)C)n[nH]1. The van der Waals surface area contributed by atoms with E-state index in [9.17, 15) is 9.18 Å². The molecule has 5 nitrogen and oxygen atoms in total. The van der Waals surface area contributed by atoms with E-state index in [2.05, 4.69) is 20.5 Å². The molecule has 0 unspecified atom stereocenters. The average molecular weight is 276 g/mol. The van der Waals surface area contributed by atoms with Crippen LogP contribution in [0, 0.1) is 18.7 Å². The Hall–Kier alpha value is -2.24. The Morgan fingerprint density at radius 2 is 1.95 bits per heavy atom. The van der Waals surface area contributed by atoms with E-state index in [0.717, 1.165) is 0 Å². The maximum Gasteiger partial charge on any atom is 0.251 e. The number of rotatable bonds is 4. The van der Waals surface area contributed by atoms with Crippen LogP contribution in [0.4, 0.5) is 4.39 Å². The maximum atomic E-state index is 12.9. The molecule has 0 aliphatic rings. The van der Waals surface area contributed by atoms with E-state index >= 15 is 0 Å². The van der Waals surface area contributed by atoms with E-state index in [0.29, 0.717) is 17.2 Å². The first-order valence-corrected chi connectivity index (χ1v) is 6.42.